The maximum absolute atomic E-state index is 12.5. The summed E-state index contributed by atoms with van der Waals surface area (Å²) < 4.78 is 0. The van der Waals surface area contributed by atoms with Crippen molar-refractivity contribution in [2.45, 2.75) is 44.6 Å². The number of likely N-dealkylation sites (N-methyl/N-ethyl adjacent to an activating group) is 1. The molecule has 1 amide bonds. The van der Waals surface area contributed by atoms with Crippen molar-refractivity contribution < 1.29 is 4.79 Å². The second-order valence-corrected chi connectivity index (χ2v) is 5.47. The van der Waals surface area contributed by atoms with E-state index in [0.29, 0.717) is 12.6 Å². The zero-order valence-electron chi connectivity index (χ0n) is 11.9. The third kappa shape index (κ3) is 2.98. The molecule has 0 unspecified atom stereocenters. The predicted octanol–water partition coefficient (Wildman–Crippen LogP) is 2.22. The van der Waals surface area contributed by atoms with Crippen LogP contribution in [-0.2, 0) is 10.2 Å². The molecule has 1 aromatic carbocycles. The summed E-state index contributed by atoms with van der Waals surface area (Å²) in [6.07, 6.45) is 3.09. The predicted molar refractivity (Wildman–Crippen MR) is 78.1 cm³/mol. The molecule has 3 nitrogen and oxygen atoms in total. The fourth-order valence-corrected chi connectivity index (χ4v) is 2.77. The van der Waals surface area contributed by atoms with Gasteiger partial charge in [0, 0.05) is 12.6 Å². The van der Waals surface area contributed by atoms with Gasteiger partial charge in [0.25, 0.3) is 0 Å². The number of nitrogens with one attached hydrogen (secondary N) is 2. The van der Waals surface area contributed by atoms with E-state index in [1.807, 2.05) is 18.2 Å². The van der Waals surface area contributed by atoms with Gasteiger partial charge in [-0.05, 0) is 31.9 Å². The molecule has 0 aromatic heterocycles. The van der Waals surface area contributed by atoms with Crippen molar-refractivity contribution in [3.05, 3.63) is 35.9 Å². The van der Waals surface area contributed by atoms with Crippen molar-refractivity contribution in [3.63, 3.8) is 0 Å². The van der Waals surface area contributed by atoms with Crippen LogP contribution in [0.3, 0.4) is 0 Å². The average molecular weight is 260 g/mol. The lowest BCUT2D eigenvalue weighted by Crippen LogP contribution is -2.51. The average Bonchev–Trinajstić information content (AvgIpc) is 2.37. The minimum Gasteiger partial charge on any atom is -0.354 e. The van der Waals surface area contributed by atoms with Crippen LogP contribution in [0, 0.1) is 0 Å². The quantitative estimate of drug-likeness (QED) is 0.823. The zero-order valence-corrected chi connectivity index (χ0v) is 11.9. The van der Waals surface area contributed by atoms with Gasteiger partial charge >= 0.3 is 0 Å². The molecule has 0 radical (unpaired) electrons. The Kier molecular flexibility index (Phi) is 4.59. The molecular weight excluding hydrogens is 236 g/mol. The van der Waals surface area contributed by atoms with Gasteiger partial charge in [0.1, 0.15) is 0 Å². The molecule has 0 heterocycles. The number of amides is 1. The molecule has 1 fully saturated rings. The van der Waals surface area contributed by atoms with Gasteiger partial charge in [-0.1, -0.05) is 43.7 Å². The van der Waals surface area contributed by atoms with Crippen LogP contribution >= 0.6 is 0 Å². The number of rotatable bonds is 6. The minimum atomic E-state index is -0.271. The Hall–Kier alpha value is -1.35. The highest BCUT2D eigenvalue weighted by atomic mass is 16.2. The second-order valence-electron chi connectivity index (χ2n) is 5.47. The summed E-state index contributed by atoms with van der Waals surface area (Å²) in [4.78, 5) is 12.5. The van der Waals surface area contributed by atoms with Crippen LogP contribution < -0.4 is 10.6 Å². The van der Waals surface area contributed by atoms with E-state index < -0.39 is 0 Å². The minimum absolute atomic E-state index is 0.190. The van der Waals surface area contributed by atoms with Crippen molar-refractivity contribution in [2.75, 3.05) is 13.1 Å². The molecule has 0 spiro atoms. The third-order valence-electron chi connectivity index (χ3n) is 4.09. The summed E-state index contributed by atoms with van der Waals surface area (Å²) in [5, 5.41) is 6.42. The molecule has 1 aromatic rings. The standard InChI is InChI=1S/C16H24N2O/c1-3-17-13(2)12-18-15(19)16(10-7-11-16)14-8-5-4-6-9-14/h4-6,8-9,13,17H,3,7,10-12H2,1-2H3,(H,18,19)/t13-/m1/s1. The van der Waals surface area contributed by atoms with E-state index in [4.69, 9.17) is 0 Å². The first kappa shape index (κ1) is 14.1. The van der Waals surface area contributed by atoms with Gasteiger partial charge < -0.3 is 10.6 Å². The van der Waals surface area contributed by atoms with Crippen molar-refractivity contribution in [2.24, 2.45) is 0 Å². The highest BCUT2D eigenvalue weighted by Crippen LogP contribution is 2.43. The number of hydrogen-bond donors (Lipinski definition) is 2. The lowest BCUT2D eigenvalue weighted by Gasteiger charge is -2.41. The number of carbonyl (C=O) groups is 1. The lowest BCUT2D eigenvalue weighted by molar-refractivity contribution is -0.130. The largest absolute Gasteiger partial charge is 0.354 e. The smallest absolute Gasteiger partial charge is 0.230 e. The van der Waals surface area contributed by atoms with Gasteiger partial charge in [0.2, 0.25) is 5.91 Å². The molecule has 19 heavy (non-hydrogen) atoms. The molecule has 2 N–H and O–H groups in total. The van der Waals surface area contributed by atoms with Gasteiger partial charge in [0.15, 0.2) is 0 Å². The molecule has 0 saturated heterocycles. The van der Waals surface area contributed by atoms with Crippen LogP contribution in [0.1, 0.15) is 38.7 Å². The van der Waals surface area contributed by atoms with Crippen LogP contribution in [0.2, 0.25) is 0 Å². The maximum Gasteiger partial charge on any atom is 0.230 e. The normalized spacial score (nSPS) is 18.4. The van der Waals surface area contributed by atoms with E-state index in [9.17, 15) is 4.79 Å². The van der Waals surface area contributed by atoms with Crippen molar-refractivity contribution in [1.82, 2.24) is 10.6 Å². The van der Waals surface area contributed by atoms with E-state index in [1.165, 1.54) is 0 Å². The highest BCUT2D eigenvalue weighted by Gasteiger charge is 2.45. The molecule has 2 rings (SSSR count). The van der Waals surface area contributed by atoms with E-state index in [1.54, 1.807) is 0 Å². The van der Waals surface area contributed by atoms with E-state index in [-0.39, 0.29) is 11.3 Å². The van der Waals surface area contributed by atoms with Gasteiger partial charge in [-0.2, -0.15) is 0 Å². The topological polar surface area (TPSA) is 41.1 Å². The van der Waals surface area contributed by atoms with Crippen molar-refractivity contribution in [1.29, 1.82) is 0 Å². The summed E-state index contributed by atoms with van der Waals surface area (Å²) >= 11 is 0. The van der Waals surface area contributed by atoms with Gasteiger partial charge in [0.05, 0.1) is 5.41 Å². The first-order valence-corrected chi connectivity index (χ1v) is 7.26. The fraction of sp³-hybridized carbons (Fsp3) is 0.562. The summed E-state index contributed by atoms with van der Waals surface area (Å²) in [5.41, 5.74) is 0.891. The third-order valence-corrected chi connectivity index (χ3v) is 4.09. The molecule has 1 saturated carbocycles. The molecular formula is C16H24N2O. The Morgan fingerprint density at radius 1 is 1.32 bits per heavy atom. The summed E-state index contributed by atoms with van der Waals surface area (Å²) in [6.45, 7) is 5.80. The van der Waals surface area contributed by atoms with Gasteiger partial charge in [-0.25, -0.2) is 0 Å². The van der Waals surface area contributed by atoms with Crippen LogP contribution in [0.5, 0.6) is 0 Å². The summed E-state index contributed by atoms with van der Waals surface area (Å²) in [5.74, 6) is 0.190. The Balaban J connectivity index is 2.00. The molecule has 104 valence electrons. The van der Waals surface area contributed by atoms with Crippen LogP contribution in [0.25, 0.3) is 0 Å². The van der Waals surface area contributed by atoms with Crippen LogP contribution in [-0.4, -0.2) is 25.0 Å². The monoisotopic (exact) mass is 260 g/mol. The molecule has 1 atom stereocenters. The SMILES string of the molecule is CCN[C@H](C)CNC(=O)C1(c2ccccc2)CCC1. The maximum atomic E-state index is 12.5. The number of carbonyl (C=O) groups excluding carboxylic acids is 1. The first-order chi connectivity index (χ1) is 9.19. The second kappa shape index (κ2) is 6.20. The Labute approximate surface area is 115 Å². The first-order valence-electron chi connectivity index (χ1n) is 7.26. The number of benzene rings is 1. The van der Waals surface area contributed by atoms with Crippen LogP contribution in [0.4, 0.5) is 0 Å². The lowest BCUT2D eigenvalue weighted by atomic mass is 9.64. The Bertz CT molecular complexity index is 412. The fourth-order valence-electron chi connectivity index (χ4n) is 2.77. The van der Waals surface area contributed by atoms with E-state index >= 15 is 0 Å². The van der Waals surface area contributed by atoms with Gasteiger partial charge in [-0.3, -0.25) is 4.79 Å². The summed E-state index contributed by atoms with van der Waals surface area (Å²) in [6, 6.07) is 10.5. The van der Waals surface area contributed by atoms with E-state index in [2.05, 4.69) is 36.6 Å². The Morgan fingerprint density at radius 2 is 2.00 bits per heavy atom. The molecule has 1 aliphatic carbocycles. The molecule has 0 aliphatic heterocycles. The number of hydrogen-bond acceptors (Lipinski definition) is 2. The van der Waals surface area contributed by atoms with E-state index in [0.717, 1.165) is 31.4 Å². The van der Waals surface area contributed by atoms with Crippen molar-refractivity contribution >= 4 is 5.91 Å². The Morgan fingerprint density at radius 3 is 2.53 bits per heavy atom. The van der Waals surface area contributed by atoms with Gasteiger partial charge in [-0.15, -0.1) is 0 Å². The molecule has 3 heteroatoms. The molecule has 0 bridgehead atoms. The van der Waals surface area contributed by atoms with Crippen molar-refractivity contribution in [3.8, 4) is 0 Å². The van der Waals surface area contributed by atoms with Crippen LogP contribution in [0.15, 0.2) is 30.3 Å². The zero-order chi connectivity index (χ0) is 13.7. The molecule has 1 aliphatic rings. The highest BCUT2D eigenvalue weighted by molar-refractivity contribution is 5.89. The summed E-state index contributed by atoms with van der Waals surface area (Å²) in [7, 11) is 0.